The summed E-state index contributed by atoms with van der Waals surface area (Å²) in [6, 6.07) is 12.5. The third-order valence-electron chi connectivity index (χ3n) is 3.90. The van der Waals surface area contributed by atoms with E-state index in [1.807, 2.05) is 13.0 Å². The van der Waals surface area contributed by atoms with Gasteiger partial charge in [-0.2, -0.15) is 0 Å². The average molecular weight is 333 g/mol. The first-order valence-electron chi connectivity index (χ1n) is 7.46. The van der Waals surface area contributed by atoms with Crippen molar-refractivity contribution < 1.29 is 0 Å². The number of fused-ring (bicyclic) bond motifs is 1. The number of rotatable bonds is 4. The highest BCUT2D eigenvalue weighted by molar-refractivity contribution is 6.32. The van der Waals surface area contributed by atoms with Gasteiger partial charge in [0.25, 0.3) is 0 Å². The molecule has 0 aliphatic rings. The van der Waals surface area contributed by atoms with Crippen LogP contribution in [-0.4, -0.2) is 15.4 Å². The Bertz CT molecular complexity index is 804. The smallest absolute Gasteiger partial charge is 0.114 e. The molecule has 114 valence electrons. The third kappa shape index (κ3) is 2.73. The van der Waals surface area contributed by atoms with Crippen LogP contribution in [0.5, 0.6) is 0 Å². The van der Waals surface area contributed by atoms with Crippen LogP contribution in [0.3, 0.4) is 0 Å². The number of aromatic nitrogens is 2. The number of nitrogens with zero attached hydrogens (tertiary/aromatic N) is 2. The molecule has 0 saturated heterocycles. The van der Waals surface area contributed by atoms with Gasteiger partial charge < -0.3 is 0 Å². The highest BCUT2D eigenvalue weighted by Gasteiger charge is 2.13. The lowest BCUT2D eigenvalue weighted by Gasteiger charge is -2.09. The second-order valence-corrected chi connectivity index (χ2v) is 6.20. The molecule has 0 unspecified atom stereocenters. The monoisotopic (exact) mass is 332 g/mol. The lowest BCUT2D eigenvalue weighted by Crippen LogP contribution is -2.00. The third-order valence-corrected chi connectivity index (χ3v) is 4.49. The Hall–Kier alpha value is -1.51. The van der Waals surface area contributed by atoms with Crippen LogP contribution in [0, 0.1) is 6.92 Å². The van der Waals surface area contributed by atoms with Crippen molar-refractivity contribution in [3.63, 3.8) is 0 Å². The van der Waals surface area contributed by atoms with Crippen molar-refractivity contribution in [1.29, 1.82) is 0 Å². The van der Waals surface area contributed by atoms with Crippen molar-refractivity contribution in [1.82, 2.24) is 9.55 Å². The zero-order valence-electron chi connectivity index (χ0n) is 12.7. The van der Waals surface area contributed by atoms with Crippen molar-refractivity contribution in [2.75, 3.05) is 5.88 Å². The molecule has 0 saturated carbocycles. The van der Waals surface area contributed by atoms with Gasteiger partial charge in [0, 0.05) is 23.0 Å². The Morgan fingerprint density at radius 1 is 1.14 bits per heavy atom. The van der Waals surface area contributed by atoms with E-state index in [2.05, 4.69) is 41.8 Å². The normalized spacial score (nSPS) is 11.3. The Kier molecular flexibility index (Phi) is 4.42. The lowest BCUT2D eigenvalue weighted by molar-refractivity contribution is 0.907. The topological polar surface area (TPSA) is 17.8 Å². The summed E-state index contributed by atoms with van der Waals surface area (Å²) in [7, 11) is 0. The molecule has 0 amide bonds. The predicted molar refractivity (Wildman–Crippen MR) is 94.6 cm³/mol. The fourth-order valence-electron chi connectivity index (χ4n) is 2.70. The van der Waals surface area contributed by atoms with E-state index in [0.29, 0.717) is 5.88 Å². The first kappa shape index (κ1) is 15.4. The van der Waals surface area contributed by atoms with Gasteiger partial charge in [0.05, 0.1) is 11.0 Å². The summed E-state index contributed by atoms with van der Waals surface area (Å²) in [6.07, 6.45) is 1.76. The van der Waals surface area contributed by atoms with Crippen LogP contribution in [0.2, 0.25) is 5.02 Å². The lowest BCUT2D eigenvalue weighted by atomic mass is 10.1. The van der Waals surface area contributed by atoms with Crippen LogP contribution in [-0.2, 0) is 12.8 Å². The molecule has 0 fully saturated rings. The number of halogens is 2. The van der Waals surface area contributed by atoms with E-state index in [1.54, 1.807) is 0 Å². The minimum atomic E-state index is 0.641. The number of hydrogen-bond acceptors (Lipinski definition) is 1. The Balaban J connectivity index is 2.17. The van der Waals surface area contributed by atoms with Gasteiger partial charge in [-0.3, -0.25) is 4.57 Å². The summed E-state index contributed by atoms with van der Waals surface area (Å²) >= 11 is 12.1. The maximum atomic E-state index is 6.31. The van der Waals surface area contributed by atoms with Crippen molar-refractivity contribution in [2.45, 2.75) is 26.7 Å². The van der Waals surface area contributed by atoms with E-state index in [-0.39, 0.29) is 0 Å². The summed E-state index contributed by atoms with van der Waals surface area (Å²) in [5, 5.41) is 0.773. The molecular weight excluding hydrogens is 315 g/mol. The molecule has 0 N–H and O–H groups in total. The quantitative estimate of drug-likeness (QED) is 0.590. The van der Waals surface area contributed by atoms with Crippen LogP contribution in [0.25, 0.3) is 16.7 Å². The average Bonchev–Trinajstić information content (AvgIpc) is 2.86. The molecule has 3 aromatic rings. The summed E-state index contributed by atoms with van der Waals surface area (Å²) in [5.41, 5.74) is 5.45. The van der Waals surface area contributed by atoms with Crippen LogP contribution >= 0.6 is 23.2 Å². The van der Waals surface area contributed by atoms with Crippen LogP contribution in [0.1, 0.15) is 23.9 Å². The Labute approximate surface area is 140 Å². The second kappa shape index (κ2) is 6.31. The molecule has 0 atom stereocenters. The standard InChI is InChI=1S/C18H18Cl2N2/c1-3-18-21-16-10-12(2)15(20)11-17(16)22(18)14-6-4-13(5-7-14)8-9-19/h4-7,10-11H,3,8-9H2,1-2H3. The number of alkyl halides is 1. The predicted octanol–water partition coefficient (Wildman–Crippen LogP) is 5.33. The van der Waals surface area contributed by atoms with Gasteiger partial charge in [-0.25, -0.2) is 4.98 Å². The molecule has 3 rings (SSSR count). The van der Waals surface area contributed by atoms with Crippen molar-refractivity contribution >= 4 is 34.2 Å². The highest BCUT2D eigenvalue weighted by atomic mass is 35.5. The summed E-state index contributed by atoms with van der Waals surface area (Å²) < 4.78 is 2.19. The van der Waals surface area contributed by atoms with Crippen LogP contribution in [0.4, 0.5) is 0 Å². The van der Waals surface area contributed by atoms with Gasteiger partial charge in [-0.15, -0.1) is 11.6 Å². The molecule has 0 aliphatic heterocycles. The van der Waals surface area contributed by atoms with E-state index < -0.39 is 0 Å². The van der Waals surface area contributed by atoms with Gasteiger partial charge in [-0.05, 0) is 48.7 Å². The molecule has 2 aromatic carbocycles. The largest absolute Gasteiger partial charge is 0.296 e. The van der Waals surface area contributed by atoms with E-state index in [4.69, 9.17) is 28.2 Å². The molecule has 1 heterocycles. The summed E-state index contributed by atoms with van der Waals surface area (Å²) in [5.74, 6) is 1.68. The van der Waals surface area contributed by atoms with Gasteiger partial charge in [0.1, 0.15) is 5.82 Å². The van der Waals surface area contributed by atoms with E-state index in [1.165, 1.54) is 5.56 Å². The van der Waals surface area contributed by atoms with Crippen LogP contribution < -0.4 is 0 Å². The molecule has 22 heavy (non-hydrogen) atoms. The molecule has 0 radical (unpaired) electrons. The van der Waals surface area contributed by atoms with E-state index in [9.17, 15) is 0 Å². The van der Waals surface area contributed by atoms with Gasteiger partial charge in [-0.1, -0.05) is 30.7 Å². The Morgan fingerprint density at radius 3 is 2.50 bits per heavy atom. The maximum absolute atomic E-state index is 6.31. The molecule has 2 nitrogen and oxygen atoms in total. The molecule has 0 aliphatic carbocycles. The first-order chi connectivity index (χ1) is 10.6. The fraction of sp³-hybridized carbons (Fsp3) is 0.278. The minimum Gasteiger partial charge on any atom is -0.296 e. The van der Waals surface area contributed by atoms with Gasteiger partial charge in [0.2, 0.25) is 0 Å². The molecular formula is C18H18Cl2N2. The van der Waals surface area contributed by atoms with E-state index >= 15 is 0 Å². The van der Waals surface area contributed by atoms with Gasteiger partial charge in [0.15, 0.2) is 0 Å². The maximum Gasteiger partial charge on any atom is 0.114 e. The van der Waals surface area contributed by atoms with Crippen molar-refractivity contribution in [3.05, 3.63) is 58.4 Å². The molecule has 0 spiro atoms. The summed E-state index contributed by atoms with van der Waals surface area (Å²) in [4.78, 5) is 4.75. The molecule has 1 aromatic heterocycles. The first-order valence-corrected chi connectivity index (χ1v) is 8.38. The number of aryl methyl sites for hydroxylation is 3. The number of hydrogen-bond donors (Lipinski definition) is 0. The molecule has 4 heteroatoms. The van der Waals surface area contributed by atoms with Crippen LogP contribution in [0.15, 0.2) is 36.4 Å². The summed E-state index contributed by atoms with van der Waals surface area (Å²) in [6.45, 7) is 4.13. The van der Waals surface area contributed by atoms with Crippen molar-refractivity contribution in [2.24, 2.45) is 0 Å². The van der Waals surface area contributed by atoms with Gasteiger partial charge >= 0.3 is 0 Å². The zero-order chi connectivity index (χ0) is 15.7. The Morgan fingerprint density at radius 2 is 1.86 bits per heavy atom. The zero-order valence-corrected chi connectivity index (χ0v) is 14.2. The second-order valence-electron chi connectivity index (χ2n) is 5.41. The SMILES string of the molecule is CCc1nc2cc(C)c(Cl)cc2n1-c1ccc(CCCl)cc1. The number of imidazole rings is 1. The molecule has 0 bridgehead atoms. The van der Waals surface area contributed by atoms with Crippen molar-refractivity contribution in [3.8, 4) is 5.69 Å². The van der Waals surface area contributed by atoms with E-state index in [0.717, 1.165) is 46.0 Å². The highest BCUT2D eigenvalue weighted by Crippen LogP contribution is 2.27. The number of benzene rings is 2. The fourth-order valence-corrected chi connectivity index (χ4v) is 3.07. The minimum absolute atomic E-state index is 0.641.